The van der Waals surface area contributed by atoms with Gasteiger partial charge in [0.05, 0.1) is 28.4 Å². The topological polar surface area (TPSA) is 74.3 Å². The molecule has 3 aromatic rings. The molecule has 0 atom stereocenters. The summed E-state index contributed by atoms with van der Waals surface area (Å²) in [5.74, 6) is -0.619. The molecule has 3 rings (SSSR count). The van der Waals surface area contributed by atoms with E-state index in [1.54, 1.807) is 30.3 Å². The van der Waals surface area contributed by atoms with Crippen molar-refractivity contribution in [1.82, 2.24) is 10.3 Å². The molecule has 0 saturated heterocycles. The molecule has 2 amide bonds. The first kappa shape index (κ1) is 31.7. The van der Waals surface area contributed by atoms with E-state index in [-0.39, 0.29) is 17.7 Å². The number of nitrogens with one attached hydrogen (secondary N) is 2. The highest BCUT2D eigenvalue weighted by Crippen LogP contribution is 2.41. The molecule has 2 N–H and O–H groups in total. The summed E-state index contributed by atoms with van der Waals surface area (Å²) in [5, 5.41) is 6.00. The molecule has 0 bridgehead atoms. The van der Waals surface area contributed by atoms with E-state index in [0.717, 1.165) is 4.90 Å². The van der Waals surface area contributed by atoms with Crippen LogP contribution in [0.1, 0.15) is 37.5 Å². The van der Waals surface area contributed by atoms with E-state index in [1.165, 1.54) is 34.0 Å². The van der Waals surface area contributed by atoms with Gasteiger partial charge in [-0.2, -0.15) is 26.3 Å². The smallest absolute Gasteiger partial charge is 0.368 e. The Morgan fingerprint density at radius 3 is 1.98 bits per heavy atom. The monoisotopic (exact) mass is 600 g/mol. The molecule has 220 valence electrons. The average molecular weight is 601 g/mol. The van der Waals surface area contributed by atoms with Crippen molar-refractivity contribution < 1.29 is 35.9 Å². The number of carbonyl (C=O) groups excluding carboxylic acids is 2. The van der Waals surface area contributed by atoms with Crippen LogP contribution in [0.25, 0.3) is 11.1 Å². The summed E-state index contributed by atoms with van der Waals surface area (Å²) in [6, 6.07) is 9.45. The van der Waals surface area contributed by atoms with E-state index in [4.69, 9.17) is 11.6 Å². The molecule has 0 fully saturated rings. The van der Waals surface area contributed by atoms with Crippen LogP contribution >= 0.6 is 11.6 Å². The van der Waals surface area contributed by atoms with Crippen LogP contribution < -0.4 is 15.5 Å². The molecular weight excluding hydrogens is 574 g/mol. The third-order valence-corrected chi connectivity index (χ3v) is 6.69. The normalized spacial score (nSPS) is 12.2. The molecule has 6 nitrogen and oxygen atoms in total. The Hall–Kier alpha value is -3.80. The second kappa shape index (κ2) is 12.0. The van der Waals surface area contributed by atoms with Gasteiger partial charge in [0.25, 0.3) is 0 Å². The molecular formula is C28H27ClF6N4O2. The fourth-order valence-electron chi connectivity index (χ4n) is 4.10. The van der Waals surface area contributed by atoms with Gasteiger partial charge >= 0.3 is 12.4 Å². The number of anilines is 2. The van der Waals surface area contributed by atoms with Gasteiger partial charge in [0.2, 0.25) is 11.8 Å². The molecule has 0 unspecified atom stereocenters. The van der Waals surface area contributed by atoms with Gasteiger partial charge in [-0.15, -0.1) is 0 Å². The Balaban J connectivity index is 2.07. The fraction of sp³-hybridized carbons (Fsp3) is 0.321. The summed E-state index contributed by atoms with van der Waals surface area (Å²) in [5.41, 5.74) is -4.15. The maximum atomic E-state index is 13.8. The second-order valence-corrected chi connectivity index (χ2v) is 10.2. The third-order valence-electron chi connectivity index (χ3n) is 6.36. The Morgan fingerprint density at radius 2 is 1.44 bits per heavy atom. The van der Waals surface area contributed by atoms with E-state index in [2.05, 4.69) is 15.6 Å². The van der Waals surface area contributed by atoms with Crippen LogP contribution in [-0.2, 0) is 27.4 Å². The van der Waals surface area contributed by atoms with E-state index in [1.807, 2.05) is 0 Å². The zero-order valence-electron chi connectivity index (χ0n) is 22.5. The number of hydrogen-bond acceptors (Lipinski definition) is 4. The summed E-state index contributed by atoms with van der Waals surface area (Å²) < 4.78 is 81.0. The van der Waals surface area contributed by atoms with Crippen molar-refractivity contribution in [3.8, 4) is 11.1 Å². The van der Waals surface area contributed by atoms with Crippen LogP contribution in [0.2, 0.25) is 5.02 Å². The van der Waals surface area contributed by atoms with Crippen molar-refractivity contribution in [1.29, 1.82) is 0 Å². The van der Waals surface area contributed by atoms with Crippen molar-refractivity contribution in [2.24, 2.45) is 0 Å². The van der Waals surface area contributed by atoms with E-state index >= 15 is 0 Å². The van der Waals surface area contributed by atoms with Crippen LogP contribution in [0, 0.1) is 0 Å². The van der Waals surface area contributed by atoms with Gasteiger partial charge in [-0.1, -0.05) is 29.8 Å². The summed E-state index contributed by atoms with van der Waals surface area (Å²) in [7, 11) is 1.35. The number of pyridine rings is 1. The number of benzene rings is 2. The molecule has 41 heavy (non-hydrogen) atoms. The Kier molecular flexibility index (Phi) is 9.27. The number of rotatable bonds is 8. The van der Waals surface area contributed by atoms with Gasteiger partial charge in [0, 0.05) is 43.2 Å². The minimum absolute atomic E-state index is 0.0187. The lowest BCUT2D eigenvalue weighted by atomic mass is 9.81. The number of carbonyl (C=O) groups is 2. The predicted octanol–water partition coefficient (Wildman–Crippen LogP) is 6.93. The largest absolute Gasteiger partial charge is 0.416 e. The number of halogens is 7. The summed E-state index contributed by atoms with van der Waals surface area (Å²) >= 11 is 6.43. The maximum absolute atomic E-state index is 13.8. The molecule has 0 radical (unpaired) electrons. The first-order valence-electron chi connectivity index (χ1n) is 12.2. The van der Waals surface area contributed by atoms with Crippen molar-refractivity contribution in [2.45, 2.75) is 38.5 Å². The van der Waals surface area contributed by atoms with Crippen LogP contribution in [0.4, 0.5) is 37.8 Å². The zero-order chi connectivity index (χ0) is 30.8. The van der Waals surface area contributed by atoms with Gasteiger partial charge in [-0.25, -0.2) is 4.98 Å². The number of hydrogen-bond donors (Lipinski definition) is 2. The van der Waals surface area contributed by atoms with Crippen LogP contribution in [0.5, 0.6) is 0 Å². The molecule has 0 aliphatic rings. The molecule has 2 aromatic carbocycles. The van der Waals surface area contributed by atoms with Gasteiger partial charge in [-0.05, 0) is 49.7 Å². The van der Waals surface area contributed by atoms with Crippen LogP contribution in [-0.4, -0.2) is 36.9 Å². The highest BCUT2D eigenvalue weighted by molar-refractivity contribution is 6.33. The SMILES string of the molecule is CC(=O)NCCNc1cc(-c2ccccc2Cl)c(N(C)C(=O)C(C)(C)c2cc(C(F)(F)F)cc(C(F)(F)F)c2)cn1. The fourth-order valence-corrected chi connectivity index (χ4v) is 4.34. The standard InChI is InChI=1S/C28H27ClF6N4O2/c1-16(40)36-9-10-37-24-14-21(20-7-5-6-8-22(20)29)23(15-38-24)39(4)25(41)26(2,3)17-11-18(27(30,31)32)13-19(12-17)28(33,34)35/h5-8,11-15H,9-10H2,1-4H3,(H,36,40)(H,37,38). The molecule has 1 aromatic heterocycles. The van der Waals surface area contributed by atoms with Gasteiger partial charge in [0.15, 0.2) is 0 Å². The first-order valence-corrected chi connectivity index (χ1v) is 12.6. The zero-order valence-corrected chi connectivity index (χ0v) is 23.2. The minimum atomic E-state index is -5.06. The highest BCUT2D eigenvalue weighted by atomic mass is 35.5. The summed E-state index contributed by atoms with van der Waals surface area (Å²) in [6.45, 7) is 4.51. The lowest BCUT2D eigenvalue weighted by Crippen LogP contribution is -2.42. The number of amides is 2. The lowest BCUT2D eigenvalue weighted by Gasteiger charge is -2.32. The number of nitrogens with zero attached hydrogens (tertiary/aromatic N) is 2. The lowest BCUT2D eigenvalue weighted by molar-refractivity contribution is -0.143. The molecule has 13 heteroatoms. The second-order valence-electron chi connectivity index (χ2n) is 9.76. The van der Waals surface area contributed by atoms with Crippen LogP contribution in [0.3, 0.4) is 0 Å². The maximum Gasteiger partial charge on any atom is 0.416 e. The summed E-state index contributed by atoms with van der Waals surface area (Å²) in [6.07, 6.45) is -8.78. The molecule has 1 heterocycles. The minimum Gasteiger partial charge on any atom is -0.368 e. The third kappa shape index (κ3) is 7.49. The molecule has 0 spiro atoms. The van der Waals surface area contributed by atoms with Crippen molar-refractivity contribution in [2.75, 3.05) is 30.4 Å². The van der Waals surface area contributed by atoms with E-state index < -0.39 is 40.4 Å². The molecule has 0 aliphatic carbocycles. The van der Waals surface area contributed by atoms with E-state index in [9.17, 15) is 35.9 Å². The number of likely N-dealkylation sites (N-methyl/N-ethyl adjacent to an activating group) is 1. The Labute approximate surface area is 237 Å². The Bertz CT molecular complexity index is 1410. The predicted molar refractivity (Wildman–Crippen MR) is 145 cm³/mol. The molecule has 0 saturated carbocycles. The van der Waals surface area contributed by atoms with Gasteiger partial charge in [-0.3, -0.25) is 9.59 Å². The Morgan fingerprint density at radius 1 is 0.878 bits per heavy atom. The quantitative estimate of drug-likeness (QED) is 0.217. The highest BCUT2D eigenvalue weighted by Gasteiger charge is 2.41. The van der Waals surface area contributed by atoms with Gasteiger partial charge < -0.3 is 15.5 Å². The van der Waals surface area contributed by atoms with Crippen molar-refractivity contribution in [3.05, 3.63) is 76.4 Å². The van der Waals surface area contributed by atoms with Crippen LogP contribution in [0.15, 0.2) is 54.7 Å². The van der Waals surface area contributed by atoms with Crippen molar-refractivity contribution >= 4 is 34.9 Å². The molecule has 0 aliphatic heterocycles. The average Bonchev–Trinajstić information content (AvgIpc) is 2.89. The first-order chi connectivity index (χ1) is 18.9. The number of alkyl halides is 6. The number of aromatic nitrogens is 1. The van der Waals surface area contributed by atoms with Gasteiger partial charge in [0.1, 0.15) is 5.82 Å². The van der Waals surface area contributed by atoms with E-state index in [0.29, 0.717) is 47.2 Å². The van der Waals surface area contributed by atoms with Crippen molar-refractivity contribution in [3.63, 3.8) is 0 Å². The summed E-state index contributed by atoms with van der Waals surface area (Å²) in [4.78, 5) is 30.3.